The van der Waals surface area contributed by atoms with Crippen LogP contribution in [0.15, 0.2) is 36.5 Å². The van der Waals surface area contributed by atoms with E-state index in [9.17, 15) is 4.39 Å². The SMILES string of the molecule is COc1ccc2c(c1)nc(N1CC[C@H](F)[C@H](N)C1)n2Cc1ccc(C#N)cn1. The summed E-state index contributed by atoms with van der Waals surface area (Å²) in [5.41, 5.74) is 9.00. The van der Waals surface area contributed by atoms with Gasteiger partial charge in [-0.05, 0) is 30.7 Å². The van der Waals surface area contributed by atoms with Crippen molar-refractivity contribution in [2.45, 2.75) is 25.2 Å². The van der Waals surface area contributed by atoms with Crippen LogP contribution in [0.4, 0.5) is 10.3 Å². The maximum absolute atomic E-state index is 13.9. The number of fused-ring (bicyclic) bond motifs is 1. The number of pyridine rings is 1. The molecule has 0 bridgehead atoms. The first-order valence-electron chi connectivity index (χ1n) is 9.13. The van der Waals surface area contributed by atoms with Crippen molar-refractivity contribution < 1.29 is 9.13 Å². The Bertz CT molecular complexity index is 1030. The third-order valence-corrected chi connectivity index (χ3v) is 5.06. The topological polar surface area (TPSA) is 93.0 Å². The number of nitriles is 1. The molecule has 0 unspecified atom stereocenters. The molecule has 1 fully saturated rings. The molecule has 2 N–H and O–H groups in total. The number of methoxy groups -OCH3 is 1. The van der Waals surface area contributed by atoms with Gasteiger partial charge in [-0.3, -0.25) is 4.98 Å². The summed E-state index contributed by atoms with van der Waals surface area (Å²) in [5, 5.41) is 8.97. The molecule has 1 saturated heterocycles. The highest BCUT2D eigenvalue weighted by atomic mass is 19.1. The molecule has 1 aliphatic rings. The van der Waals surface area contributed by atoms with Gasteiger partial charge in [-0.25, -0.2) is 9.37 Å². The van der Waals surface area contributed by atoms with Crippen LogP contribution in [0.1, 0.15) is 17.7 Å². The quantitative estimate of drug-likeness (QED) is 0.746. The number of halogens is 1. The highest BCUT2D eigenvalue weighted by Crippen LogP contribution is 2.29. The van der Waals surface area contributed by atoms with Gasteiger partial charge in [-0.1, -0.05) is 0 Å². The lowest BCUT2D eigenvalue weighted by molar-refractivity contribution is 0.243. The summed E-state index contributed by atoms with van der Waals surface area (Å²) >= 11 is 0. The predicted octanol–water partition coefficient (Wildman–Crippen LogP) is 2.24. The lowest BCUT2D eigenvalue weighted by Crippen LogP contribution is -2.50. The molecule has 0 radical (unpaired) electrons. The second kappa shape index (κ2) is 7.44. The fourth-order valence-electron chi connectivity index (χ4n) is 3.50. The van der Waals surface area contributed by atoms with Gasteiger partial charge >= 0.3 is 0 Å². The lowest BCUT2D eigenvalue weighted by atomic mass is 10.1. The highest BCUT2D eigenvalue weighted by Gasteiger charge is 2.29. The Morgan fingerprint density at radius 2 is 2.21 bits per heavy atom. The first kappa shape index (κ1) is 18.2. The van der Waals surface area contributed by atoms with Gasteiger partial charge in [-0.2, -0.15) is 5.26 Å². The van der Waals surface area contributed by atoms with Crippen LogP contribution < -0.4 is 15.4 Å². The Labute approximate surface area is 162 Å². The van der Waals surface area contributed by atoms with Crippen LogP contribution in [0.25, 0.3) is 11.0 Å². The summed E-state index contributed by atoms with van der Waals surface area (Å²) in [7, 11) is 1.62. The number of nitrogens with zero attached hydrogens (tertiary/aromatic N) is 5. The minimum absolute atomic E-state index is 0.378. The monoisotopic (exact) mass is 380 g/mol. The van der Waals surface area contributed by atoms with Crippen LogP contribution >= 0.6 is 0 Å². The number of aromatic nitrogens is 3. The fraction of sp³-hybridized carbons (Fsp3) is 0.350. The van der Waals surface area contributed by atoms with E-state index in [2.05, 4.69) is 15.6 Å². The van der Waals surface area contributed by atoms with E-state index >= 15 is 0 Å². The predicted molar refractivity (Wildman–Crippen MR) is 104 cm³/mol. The number of ether oxygens (including phenoxy) is 1. The summed E-state index contributed by atoms with van der Waals surface area (Å²) in [4.78, 5) is 11.2. The van der Waals surface area contributed by atoms with Crippen molar-refractivity contribution in [2.24, 2.45) is 5.73 Å². The van der Waals surface area contributed by atoms with Crippen LogP contribution in [0.3, 0.4) is 0 Å². The van der Waals surface area contributed by atoms with Gasteiger partial charge in [0.25, 0.3) is 0 Å². The van der Waals surface area contributed by atoms with Crippen molar-refractivity contribution in [3.8, 4) is 11.8 Å². The number of hydrogen-bond donors (Lipinski definition) is 1. The van der Waals surface area contributed by atoms with E-state index in [4.69, 9.17) is 20.7 Å². The van der Waals surface area contributed by atoms with Crippen LogP contribution in [0.5, 0.6) is 5.75 Å². The molecule has 144 valence electrons. The molecule has 1 aliphatic heterocycles. The van der Waals surface area contributed by atoms with Crippen LogP contribution in [-0.2, 0) is 6.54 Å². The Morgan fingerprint density at radius 3 is 2.89 bits per heavy atom. The number of piperidine rings is 1. The molecule has 0 saturated carbocycles. The molecule has 3 heterocycles. The number of alkyl halides is 1. The van der Waals surface area contributed by atoms with Gasteiger partial charge in [0.05, 0.1) is 42.0 Å². The molecule has 1 aromatic carbocycles. The van der Waals surface area contributed by atoms with E-state index in [-0.39, 0.29) is 0 Å². The Hall–Kier alpha value is -3.18. The Kier molecular flexibility index (Phi) is 4.84. The second-order valence-electron chi connectivity index (χ2n) is 6.92. The van der Waals surface area contributed by atoms with Gasteiger partial charge in [-0.15, -0.1) is 0 Å². The molecule has 7 nitrogen and oxygen atoms in total. The number of rotatable bonds is 4. The van der Waals surface area contributed by atoms with E-state index in [1.54, 1.807) is 19.4 Å². The molecule has 2 atom stereocenters. The van der Waals surface area contributed by atoms with E-state index in [0.717, 1.165) is 28.4 Å². The zero-order chi connectivity index (χ0) is 19.7. The molecule has 28 heavy (non-hydrogen) atoms. The normalized spacial score (nSPS) is 19.6. The average molecular weight is 380 g/mol. The third-order valence-electron chi connectivity index (χ3n) is 5.06. The maximum atomic E-state index is 13.9. The maximum Gasteiger partial charge on any atom is 0.206 e. The van der Waals surface area contributed by atoms with Crippen LogP contribution in [0, 0.1) is 11.3 Å². The van der Waals surface area contributed by atoms with Crippen molar-refractivity contribution in [1.29, 1.82) is 5.26 Å². The van der Waals surface area contributed by atoms with E-state index in [1.165, 1.54) is 0 Å². The molecular formula is C20H21FN6O. The zero-order valence-corrected chi connectivity index (χ0v) is 15.5. The number of imidazole rings is 1. The van der Waals surface area contributed by atoms with Gasteiger partial charge < -0.3 is 19.9 Å². The second-order valence-corrected chi connectivity index (χ2v) is 6.92. The number of nitrogens with two attached hydrogens (primary N) is 1. The number of benzene rings is 1. The third kappa shape index (κ3) is 3.37. The standard InChI is InChI=1S/C20H21FN6O/c1-28-15-4-5-19-18(8-15)25-20(26-7-6-16(21)17(23)12-26)27(19)11-14-3-2-13(9-22)10-24-14/h2-5,8,10,16-17H,6-7,11-12,23H2,1H3/t16-,17+/m0/s1. The van der Waals surface area contributed by atoms with Gasteiger partial charge in [0.1, 0.15) is 18.0 Å². The number of anilines is 1. The average Bonchev–Trinajstić information content (AvgIpc) is 3.08. The highest BCUT2D eigenvalue weighted by molar-refractivity contribution is 5.80. The Morgan fingerprint density at radius 1 is 1.36 bits per heavy atom. The summed E-state index contributed by atoms with van der Waals surface area (Å²) in [6.45, 7) is 1.44. The van der Waals surface area contributed by atoms with Crippen molar-refractivity contribution in [1.82, 2.24) is 14.5 Å². The zero-order valence-electron chi connectivity index (χ0n) is 15.5. The van der Waals surface area contributed by atoms with Gasteiger partial charge in [0.15, 0.2) is 0 Å². The van der Waals surface area contributed by atoms with Gasteiger partial charge in [0, 0.05) is 25.4 Å². The van der Waals surface area contributed by atoms with Crippen LogP contribution in [0.2, 0.25) is 0 Å². The van der Waals surface area contributed by atoms with Gasteiger partial charge in [0.2, 0.25) is 5.95 Å². The summed E-state index contributed by atoms with van der Waals surface area (Å²) < 4.78 is 21.2. The van der Waals surface area contributed by atoms with Crippen molar-refractivity contribution in [2.75, 3.05) is 25.1 Å². The summed E-state index contributed by atoms with van der Waals surface area (Å²) in [6, 6.07) is 10.8. The van der Waals surface area contributed by atoms with Crippen molar-refractivity contribution in [3.63, 3.8) is 0 Å². The van der Waals surface area contributed by atoms with Crippen molar-refractivity contribution in [3.05, 3.63) is 47.8 Å². The minimum Gasteiger partial charge on any atom is -0.497 e. The molecule has 4 rings (SSSR count). The molecular weight excluding hydrogens is 359 g/mol. The molecule has 0 amide bonds. The van der Waals surface area contributed by atoms with E-state index < -0.39 is 12.2 Å². The fourth-order valence-corrected chi connectivity index (χ4v) is 3.50. The minimum atomic E-state index is -0.991. The number of hydrogen-bond acceptors (Lipinski definition) is 6. The molecule has 0 aliphatic carbocycles. The molecule has 0 spiro atoms. The van der Waals surface area contributed by atoms with Crippen LogP contribution in [-0.4, -0.2) is 46.9 Å². The van der Waals surface area contributed by atoms with E-state index in [0.29, 0.717) is 31.6 Å². The Balaban J connectivity index is 1.76. The van der Waals surface area contributed by atoms with Crippen molar-refractivity contribution >= 4 is 17.0 Å². The molecule has 3 aromatic rings. The lowest BCUT2D eigenvalue weighted by Gasteiger charge is -2.34. The molecule has 2 aromatic heterocycles. The first-order valence-corrected chi connectivity index (χ1v) is 9.13. The smallest absolute Gasteiger partial charge is 0.206 e. The van der Waals surface area contributed by atoms with E-state index in [1.807, 2.05) is 29.2 Å². The summed E-state index contributed by atoms with van der Waals surface area (Å²) in [5.74, 6) is 1.45. The largest absolute Gasteiger partial charge is 0.497 e. The molecule has 8 heteroatoms. The first-order chi connectivity index (χ1) is 13.6. The summed E-state index contributed by atoms with van der Waals surface area (Å²) in [6.07, 6.45) is 0.944.